The van der Waals surface area contributed by atoms with Gasteiger partial charge in [-0.3, -0.25) is 4.79 Å². The second-order valence-electron chi connectivity index (χ2n) is 4.71. The lowest BCUT2D eigenvalue weighted by molar-refractivity contribution is -0.121. The minimum Gasteiger partial charge on any atom is -0.493 e. The van der Waals surface area contributed by atoms with Gasteiger partial charge >= 0.3 is 0 Å². The number of nitrogens with one attached hydrogen (secondary N) is 1. The average Bonchev–Trinajstić information content (AvgIpc) is 2.36. The zero-order chi connectivity index (χ0) is 14.1. The monoisotopic (exact) mass is 265 g/mol. The molecule has 0 spiro atoms. The summed E-state index contributed by atoms with van der Waals surface area (Å²) < 4.78 is 5.61. The number of carbonyl (C=O) groups is 1. The fourth-order valence-corrected chi connectivity index (χ4v) is 1.64. The number of benzene rings is 1. The Hall–Kier alpha value is -1.55. The third kappa shape index (κ3) is 6.82. The van der Waals surface area contributed by atoms with Gasteiger partial charge in [-0.05, 0) is 38.3 Å². The Kier molecular flexibility index (Phi) is 6.97. The van der Waals surface area contributed by atoms with Crippen molar-refractivity contribution in [1.82, 2.24) is 5.32 Å². The Morgan fingerprint density at radius 2 is 2.16 bits per heavy atom. The topological polar surface area (TPSA) is 58.6 Å². The first-order chi connectivity index (χ1) is 9.09. The molecule has 1 atom stereocenters. The van der Waals surface area contributed by atoms with Gasteiger partial charge in [0.1, 0.15) is 5.75 Å². The molecule has 0 saturated heterocycles. The fourth-order valence-electron chi connectivity index (χ4n) is 1.64. The molecule has 4 nitrogen and oxygen atoms in total. The number of para-hydroxylation sites is 1. The van der Waals surface area contributed by atoms with Crippen molar-refractivity contribution in [3.05, 3.63) is 29.8 Å². The number of hydrogen-bond acceptors (Lipinski definition) is 3. The number of rotatable bonds is 8. The average molecular weight is 265 g/mol. The first-order valence-electron chi connectivity index (χ1n) is 6.73. The van der Waals surface area contributed by atoms with E-state index in [-0.39, 0.29) is 12.0 Å². The Balaban J connectivity index is 2.10. The largest absolute Gasteiger partial charge is 0.493 e. The summed E-state index contributed by atoms with van der Waals surface area (Å²) in [6.07, 6.45) is 1.36. The quantitative estimate of drug-likeness (QED) is 0.707. The van der Waals surface area contributed by atoms with E-state index in [2.05, 4.69) is 5.32 Å². The Morgan fingerprint density at radius 1 is 1.42 bits per heavy atom. The predicted molar refractivity (Wildman–Crippen MR) is 75.2 cm³/mol. The second kappa shape index (κ2) is 8.53. The van der Waals surface area contributed by atoms with Crippen LogP contribution in [0.25, 0.3) is 0 Å². The molecule has 0 heterocycles. The van der Waals surface area contributed by atoms with Gasteiger partial charge in [-0.15, -0.1) is 0 Å². The lowest BCUT2D eigenvalue weighted by Gasteiger charge is -2.09. The molecule has 0 aromatic heterocycles. The highest BCUT2D eigenvalue weighted by molar-refractivity contribution is 5.75. The summed E-state index contributed by atoms with van der Waals surface area (Å²) in [5.41, 5.74) is 1.10. The summed E-state index contributed by atoms with van der Waals surface area (Å²) >= 11 is 0. The minimum atomic E-state index is -0.371. The van der Waals surface area contributed by atoms with Crippen molar-refractivity contribution >= 4 is 5.91 Å². The van der Waals surface area contributed by atoms with E-state index in [1.165, 1.54) is 0 Å². The van der Waals surface area contributed by atoms with E-state index >= 15 is 0 Å². The lowest BCUT2D eigenvalue weighted by Crippen LogP contribution is -2.26. The Morgan fingerprint density at radius 3 is 2.84 bits per heavy atom. The summed E-state index contributed by atoms with van der Waals surface area (Å²) in [6.45, 7) is 4.77. The van der Waals surface area contributed by atoms with Gasteiger partial charge in [0.05, 0.1) is 12.7 Å². The van der Waals surface area contributed by atoms with Crippen LogP contribution in [-0.4, -0.2) is 30.3 Å². The van der Waals surface area contributed by atoms with E-state index in [0.717, 1.165) is 11.3 Å². The number of aliphatic hydroxyl groups excluding tert-OH is 1. The number of ether oxygens (including phenoxy) is 1. The molecule has 1 rings (SSSR count). The first kappa shape index (κ1) is 15.5. The van der Waals surface area contributed by atoms with Gasteiger partial charge in [0.15, 0.2) is 0 Å². The molecule has 0 fully saturated rings. The maximum absolute atomic E-state index is 11.5. The third-order valence-electron chi connectivity index (χ3n) is 2.78. The van der Waals surface area contributed by atoms with Crippen molar-refractivity contribution in [3.8, 4) is 5.75 Å². The highest BCUT2D eigenvalue weighted by Crippen LogP contribution is 2.16. The van der Waals surface area contributed by atoms with Crippen molar-refractivity contribution in [2.45, 2.75) is 39.2 Å². The summed E-state index contributed by atoms with van der Waals surface area (Å²) in [7, 11) is 0. The van der Waals surface area contributed by atoms with Gasteiger partial charge in [-0.1, -0.05) is 18.2 Å². The van der Waals surface area contributed by atoms with Gasteiger partial charge in [0.25, 0.3) is 0 Å². The Labute approximate surface area is 114 Å². The minimum absolute atomic E-state index is 0.00836. The van der Waals surface area contributed by atoms with Crippen LogP contribution in [0.2, 0.25) is 0 Å². The molecular formula is C15H23NO3. The SMILES string of the molecule is Cc1ccccc1OCCCC(=O)NCCC(C)O. The van der Waals surface area contributed by atoms with Crippen LogP contribution < -0.4 is 10.1 Å². The van der Waals surface area contributed by atoms with Crippen molar-refractivity contribution in [2.75, 3.05) is 13.2 Å². The number of aliphatic hydroxyl groups is 1. The molecule has 0 radical (unpaired) electrons. The van der Waals surface area contributed by atoms with Crippen molar-refractivity contribution in [1.29, 1.82) is 0 Å². The molecular weight excluding hydrogens is 242 g/mol. The maximum atomic E-state index is 11.5. The normalized spacial score (nSPS) is 11.9. The van der Waals surface area contributed by atoms with Crippen molar-refractivity contribution < 1.29 is 14.6 Å². The molecule has 4 heteroatoms. The van der Waals surface area contributed by atoms with Crippen LogP contribution in [0.5, 0.6) is 5.75 Å². The van der Waals surface area contributed by atoms with Crippen molar-refractivity contribution in [3.63, 3.8) is 0 Å². The van der Waals surface area contributed by atoms with E-state index in [4.69, 9.17) is 9.84 Å². The molecule has 0 aliphatic carbocycles. The van der Waals surface area contributed by atoms with Crippen LogP contribution in [0, 0.1) is 6.92 Å². The van der Waals surface area contributed by atoms with E-state index in [1.54, 1.807) is 6.92 Å². The molecule has 0 aliphatic heterocycles. The second-order valence-corrected chi connectivity index (χ2v) is 4.71. The van der Waals surface area contributed by atoms with Gasteiger partial charge in [-0.2, -0.15) is 0 Å². The smallest absolute Gasteiger partial charge is 0.220 e. The molecule has 0 saturated carbocycles. The highest BCUT2D eigenvalue weighted by Gasteiger charge is 2.03. The maximum Gasteiger partial charge on any atom is 0.220 e. The lowest BCUT2D eigenvalue weighted by atomic mass is 10.2. The van der Waals surface area contributed by atoms with E-state index < -0.39 is 0 Å². The molecule has 1 unspecified atom stereocenters. The number of carbonyl (C=O) groups excluding carboxylic acids is 1. The van der Waals surface area contributed by atoms with Gasteiger partial charge in [-0.25, -0.2) is 0 Å². The summed E-state index contributed by atoms with van der Waals surface area (Å²) in [5.74, 6) is 0.881. The van der Waals surface area contributed by atoms with E-state index in [9.17, 15) is 4.79 Å². The van der Waals surface area contributed by atoms with Crippen LogP contribution in [-0.2, 0) is 4.79 Å². The van der Waals surface area contributed by atoms with E-state index in [1.807, 2.05) is 31.2 Å². The van der Waals surface area contributed by atoms with Crippen molar-refractivity contribution in [2.24, 2.45) is 0 Å². The van der Waals surface area contributed by atoms with Crippen LogP contribution >= 0.6 is 0 Å². The molecule has 2 N–H and O–H groups in total. The van der Waals surface area contributed by atoms with Crippen LogP contribution in [0.1, 0.15) is 31.7 Å². The summed E-state index contributed by atoms with van der Waals surface area (Å²) in [5, 5.41) is 11.8. The number of aryl methyl sites for hydroxylation is 1. The zero-order valence-electron chi connectivity index (χ0n) is 11.7. The number of hydrogen-bond donors (Lipinski definition) is 2. The number of amides is 1. The molecule has 0 bridgehead atoms. The van der Waals surface area contributed by atoms with Crippen LogP contribution in [0.15, 0.2) is 24.3 Å². The summed E-state index contributed by atoms with van der Waals surface area (Å²) in [6, 6.07) is 7.83. The van der Waals surface area contributed by atoms with Crippen LogP contribution in [0.4, 0.5) is 0 Å². The molecule has 0 aliphatic rings. The molecule has 19 heavy (non-hydrogen) atoms. The Bertz CT molecular complexity index is 391. The van der Waals surface area contributed by atoms with Gasteiger partial charge < -0.3 is 15.2 Å². The molecule has 1 amide bonds. The van der Waals surface area contributed by atoms with E-state index in [0.29, 0.717) is 32.4 Å². The molecule has 1 aromatic carbocycles. The van der Waals surface area contributed by atoms with Crippen LogP contribution in [0.3, 0.4) is 0 Å². The summed E-state index contributed by atoms with van der Waals surface area (Å²) in [4.78, 5) is 11.5. The fraction of sp³-hybridized carbons (Fsp3) is 0.533. The zero-order valence-corrected chi connectivity index (χ0v) is 11.7. The standard InChI is InChI=1S/C15H23NO3/c1-12-6-3-4-7-14(12)19-11-5-8-15(18)16-10-9-13(2)17/h3-4,6-7,13,17H,5,8-11H2,1-2H3,(H,16,18). The molecule has 106 valence electrons. The van der Waals surface area contributed by atoms with Gasteiger partial charge in [0, 0.05) is 13.0 Å². The molecule has 1 aromatic rings. The van der Waals surface area contributed by atoms with Gasteiger partial charge in [0.2, 0.25) is 5.91 Å². The highest BCUT2D eigenvalue weighted by atomic mass is 16.5. The first-order valence-corrected chi connectivity index (χ1v) is 6.73. The third-order valence-corrected chi connectivity index (χ3v) is 2.78. The predicted octanol–water partition coefficient (Wildman–Crippen LogP) is 2.04.